The predicted octanol–water partition coefficient (Wildman–Crippen LogP) is 6.77. The molecule has 0 fully saturated rings. The number of hydrogen-bond donors (Lipinski definition) is 0. The van der Waals surface area contributed by atoms with Crippen molar-refractivity contribution in [3.05, 3.63) is 48.0 Å². The number of anilines is 2. The van der Waals surface area contributed by atoms with Crippen molar-refractivity contribution in [1.29, 1.82) is 5.26 Å². The Morgan fingerprint density at radius 3 is 2.09 bits per heavy atom. The van der Waals surface area contributed by atoms with E-state index in [-0.39, 0.29) is 0 Å². The molecule has 0 saturated heterocycles. The van der Waals surface area contributed by atoms with Gasteiger partial charge in [0.05, 0.1) is 22.2 Å². The smallest absolute Gasteiger partial charge is 0.158 e. The molecule has 4 rings (SSSR count). The first-order valence-corrected chi connectivity index (χ1v) is 12.4. The molecule has 33 heavy (non-hydrogen) atoms. The van der Waals surface area contributed by atoms with Crippen LogP contribution in [0.4, 0.5) is 11.4 Å². The minimum absolute atomic E-state index is 0.673. The van der Waals surface area contributed by atoms with Crippen molar-refractivity contribution in [3.8, 4) is 6.07 Å². The molecule has 5 nitrogen and oxygen atoms in total. The fourth-order valence-corrected chi connectivity index (χ4v) is 5.00. The third-order valence-electron chi connectivity index (χ3n) is 6.27. The molecule has 4 aromatic rings. The first-order chi connectivity index (χ1) is 16.2. The van der Waals surface area contributed by atoms with Crippen LogP contribution in [0.2, 0.25) is 0 Å². The molecule has 0 unspecified atom stereocenters. The molecular weight excluding hydrogens is 406 g/mol. The molecule has 0 saturated carbocycles. The number of aromatic nitrogens is 2. The van der Waals surface area contributed by atoms with E-state index in [1.54, 1.807) is 0 Å². The van der Waals surface area contributed by atoms with Crippen LogP contribution in [-0.4, -0.2) is 35.6 Å². The molecule has 0 aliphatic carbocycles. The van der Waals surface area contributed by atoms with E-state index in [0.717, 1.165) is 85.1 Å². The first-order valence-electron chi connectivity index (χ1n) is 12.4. The maximum atomic E-state index is 10.3. The van der Waals surface area contributed by atoms with Crippen molar-refractivity contribution in [3.63, 3.8) is 0 Å². The fourth-order valence-electron chi connectivity index (χ4n) is 5.00. The average molecular weight is 442 g/mol. The number of hydrogen-bond acceptors (Lipinski definition) is 4. The van der Waals surface area contributed by atoms with Crippen LogP contribution in [0.25, 0.3) is 27.6 Å². The van der Waals surface area contributed by atoms with E-state index in [9.17, 15) is 5.26 Å². The Bertz CT molecular complexity index is 1280. The van der Waals surface area contributed by atoms with Gasteiger partial charge < -0.3 is 9.80 Å². The minimum atomic E-state index is 0.673. The van der Waals surface area contributed by atoms with E-state index in [0.29, 0.717) is 5.56 Å². The number of pyridine rings is 1. The lowest BCUT2D eigenvalue weighted by atomic mass is 10.1. The van der Waals surface area contributed by atoms with E-state index >= 15 is 0 Å². The third-order valence-corrected chi connectivity index (χ3v) is 6.27. The van der Waals surface area contributed by atoms with Gasteiger partial charge in [-0.2, -0.15) is 5.26 Å². The average Bonchev–Trinajstić information content (AvgIpc) is 3.22. The monoisotopic (exact) mass is 441 g/mol. The highest BCUT2D eigenvalue weighted by atomic mass is 15.1. The Kier molecular flexibility index (Phi) is 7.03. The number of para-hydroxylation sites is 2. The van der Waals surface area contributed by atoms with Crippen molar-refractivity contribution in [2.45, 2.75) is 53.4 Å². The third kappa shape index (κ3) is 4.11. The molecule has 0 bridgehead atoms. The molecule has 0 spiro atoms. The predicted molar refractivity (Wildman–Crippen MR) is 141 cm³/mol. The molecule has 0 radical (unpaired) electrons. The molecule has 0 aliphatic heterocycles. The van der Waals surface area contributed by atoms with Gasteiger partial charge in [0.2, 0.25) is 0 Å². The summed E-state index contributed by atoms with van der Waals surface area (Å²) in [7, 11) is 0. The van der Waals surface area contributed by atoms with Crippen LogP contribution in [-0.2, 0) is 0 Å². The van der Waals surface area contributed by atoms with Crippen LogP contribution in [0.1, 0.15) is 58.9 Å². The number of nitriles is 1. The van der Waals surface area contributed by atoms with Crippen molar-refractivity contribution in [2.24, 2.45) is 0 Å². The Balaban J connectivity index is 2.12. The molecule has 2 aromatic heterocycles. The van der Waals surface area contributed by atoms with Crippen LogP contribution >= 0.6 is 0 Å². The van der Waals surface area contributed by atoms with Gasteiger partial charge >= 0.3 is 0 Å². The minimum Gasteiger partial charge on any atom is -0.371 e. The highest BCUT2D eigenvalue weighted by Crippen LogP contribution is 2.37. The second-order valence-electron chi connectivity index (χ2n) is 8.77. The Morgan fingerprint density at radius 1 is 0.818 bits per heavy atom. The molecule has 0 atom stereocenters. The highest BCUT2D eigenvalue weighted by molar-refractivity contribution is 6.03. The lowest BCUT2D eigenvalue weighted by Crippen LogP contribution is -2.27. The molecule has 172 valence electrons. The zero-order valence-electron chi connectivity index (χ0n) is 20.4. The van der Waals surface area contributed by atoms with Gasteiger partial charge in [-0.1, -0.05) is 39.8 Å². The number of nitrogens with zero attached hydrogens (tertiary/aromatic N) is 5. The van der Waals surface area contributed by atoms with Crippen LogP contribution in [0.15, 0.2) is 42.5 Å². The van der Waals surface area contributed by atoms with Crippen LogP contribution < -0.4 is 9.80 Å². The summed E-state index contributed by atoms with van der Waals surface area (Å²) in [6.45, 7) is 12.8. The molecule has 0 N–H and O–H groups in total. The number of rotatable bonds is 10. The Morgan fingerprint density at radius 2 is 1.45 bits per heavy atom. The van der Waals surface area contributed by atoms with Gasteiger partial charge in [-0.3, -0.25) is 4.40 Å². The standard InChI is InChI=1S/C28H35N5/c1-5-15-31(16-6-2)21-13-14-22-26(19-21)33-25-12-10-9-11-24(25)30-28(33)23(20-29)27(22)32(17-7-3)18-8-4/h9-14,19H,5-8,15-18H2,1-4H3. The summed E-state index contributed by atoms with van der Waals surface area (Å²) in [5.41, 5.74) is 6.80. The van der Waals surface area contributed by atoms with Gasteiger partial charge in [0, 0.05) is 37.3 Å². The van der Waals surface area contributed by atoms with Gasteiger partial charge in [0.25, 0.3) is 0 Å². The lowest BCUT2D eigenvalue weighted by molar-refractivity contribution is 0.744. The van der Waals surface area contributed by atoms with Gasteiger partial charge in [-0.15, -0.1) is 0 Å². The van der Waals surface area contributed by atoms with Crippen LogP contribution in [0.5, 0.6) is 0 Å². The zero-order chi connectivity index (χ0) is 23.4. The van der Waals surface area contributed by atoms with Gasteiger partial charge in [0.15, 0.2) is 5.65 Å². The zero-order valence-corrected chi connectivity index (χ0v) is 20.4. The summed E-state index contributed by atoms with van der Waals surface area (Å²) in [6.07, 6.45) is 4.29. The quantitative estimate of drug-likeness (QED) is 0.273. The summed E-state index contributed by atoms with van der Waals surface area (Å²) < 4.78 is 2.20. The maximum Gasteiger partial charge on any atom is 0.158 e. The fraction of sp³-hybridized carbons (Fsp3) is 0.429. The number of benzene rings is 2. The maximum absolute atomic E-state index is 10.3. The number of imidazole rings is 1. The van der Waals surface area contributed by atoms with Gasteiger partial charge in [0.1, 0.15) is 11.6 Å². The second kappa shape index (κ2) is 10.1. The SMILES string of the molecule is CCCN(CCC)c1ccc2c(N(CCC)CCC)c(C#N)c3nc4ccccc4n3c2c1. The van der Waals surface area contributed by atoms with E-state index in [2.05, 4.69) is 72.2 Å². The van der Waals surface area contributed by atoms with E-state index in [4.69, 9.17) is 4.98 Å². The van der Waals surface area contributed by atoms with Gasteiger partial charge in [-0.05, 0) is 56.0 Å². The van der Waals surface area contributed by atoms with Gasteiger partial charge in [-0.25, -0.2) is 4.98 Å². The lowest BCUT2D eigenvalue weighted by Gasteiger charge is -2.28. The molecule has 2 aromatic carbocycles. The highest BCUT2D eigenvalue weighted by Gasteiger charge is 2.22. The molecular formula is C28H35N5. The summed E-state index contributed by atoms with van der Waals surface area (Å²) in [4.78, 5) is 9.80. The summed E-state index contributed by atoms with van der Waals surface area (Å²) >= 11 is 0. The summed E-state index contributed by atoms with van der Waals surface area (Å²) in [5, 5.41) is 11.5. The molecule has 2 heterocycles. The molecule has 0 amide bonds. The topological polar surface area (TPSA) is 47.6 Å². The Hall–Kier alpha value is -3.26. The molecule has 0 aliphatic rings. The Labute approximate surface area is 197 Å². The van der Waals surface area contributed by atoms with E-state index in [1.165, 1.54) is 5.69 Å². The van der Waals surface area contributed by atoms with Crippen LogP contribution in [0, 0.1) is 11.3 Å². The normalized spacial score (nSPS) is 11.4. The largest absolute Gasteiger partial charge is 0.371 e. The number of fused-ring (bicyclic) bond motifs is 5. The molecule has 5 heteroatoms. The summed E-state index contributed by atoms with van der Waals surface area (Å²) in [5.74, 6) is 0. The van der Waals surface area contributed by atoms with E-state index < -0.39 is 0 Å². The van der Waals surface area contributed by atoms with Crippen LogP contribution in [0.3, 0.4) is 0 Å². The van der Waals surface area contributed by atoms with E-state index in [1.807, 2.05) is 18.2 Å². The first kappa shape index (κ1) is 22.9. The van der Waals surface area contributed by atoms with Crippen molar-refractivity contribution < 1.29 is 0 Å². The van der Waals surface area contributed by atoms with Crippen molar-refractivity contribution >= 4 is 39.0 Å². The summed E-state index contributed by atoms with van der Waals surface area (Å²) in [6, 6.07) is 17.5. The van der Waals surface area contributed by atoms with Crippen molar-refractivity contribution in [2.75, 3.05) is 36.0 Å². The van der Waals surface area contributed by atoms with Crippen molar-refractivity contribution in [1.82, 2.24) is 9.38 Å². The second-order valence-corrected chi connectivity index (χ2v) is 8.77.